The van der Waals surface area contributed by atoms with Crippen LogP contribution in [-0.4, -0.2) is 74.3 Å². The molecule has 0 aliphatic rings. The first-order chi connectivity index (χ1) is 33.4. The Balaban J connectivity index is 5.48. The van der Waals surface area contributed by atoms with E-state index >= 15 is 0 Å². The van der Waals surface area contributed by atoms with Gasteiger partial charge in [0.2, 0.25) is 5.91 Å². The summed E-state index contributed by atoms with van der Waals surface area (Å²) < 4.78 is 30.5. The molecule has 0 saturated heterocycles. The summed E-state index contributed by atoms with van der Waals surface area (Å²) in [4.78, 5) is 37.5. The average Bonchev–Trinajstić information content (AvgIpc) is 3.31. The molecule has 0 aromatic heterocycles. The molecular formula is C59H108N2O7P+. The van der Waals surface area contributed by atoms with E-state index in [9.17, 15) is 19.0 Å². The Morgan fingerprint density at radius 2 is 0.942 bits per heavy atom. The largest absolute Gasteiger partial charge is 0.472 e. The molecule has 10 heteroatoms. The fourth-order valence-electron chi connectivity index (χ4n) is 7.80. The standard InChI is InChI=1S/C59H107N2O7P/c1-7-10-13-16-19-22-25-28-29-30-31-34-37-40-43-46-49-52-59(63)68-57(50-47-44-41-38-35-32-26-23-20-17-14-11-8-2)56(55-67-69(64,65)66-54-53-61(4,5)6)60-58(62)51-48-45-42-39-36-33-27-24-21-18-15-12-9-3/h10,13,19,22,28-29,31,34,40,43,47,50,56-57H,7-9,11-12,14-18,20-21,23-27,30,32-33,35-39,41-42,44-46,48-49,51-55H2,1-6H3,(H-,60,62,64,65)/p+1/b13-10-,22-19-,29-28-,34-31-,43-40-,50-47+. The first kappa shape index (κ1) is 66.5. The zero-order valence-electron chi connectivity index (χ0n) is 45.5. The number of phosphoric acid groups is 1. The molecule has 0 aromatic rings. The van der Waals surface area contributed by atoms with Crippen molar-refractivity contribution in [1.82, 2.24) is 5.32 Å². The predicted molar refractivity (Wildman–Crippen MR) is 295 cm³/mol. The minimum atomic E-state index is -4.46. The Morgan fingerprint density at radius 1 is 0.522 bits per heavy atom. The van der Waals surface area contributed by atoms with Gasteiger partial charge in [0.1, 0.15) is 19.3 Å². The van der Waals surface area contributed by atoms with E-state index in [0.717, 1.165) is 77.0 Å². The number of allylic oxidation sites excluding steroid dienone is 11. The number of unbranched alkanes of at least 4 members (excludes halogenated alkanes) is 24. The number of amides is 1. The lowest BCUT2D eigenvalue weighted by atomic mass is 10.0. The monoisotopic (exact) mass is 988 g/mol. The summed E-state index contributed by atoms with van der Waals surface area (Å²) in [6.45, 7) is 6.86. The van der Waals surface area contributed by atoms with Crippen LogP contribution >= 0.6 is 7.82 Å². The van der Waals surface area contributed by atoms with Crippen LogP contribution in [0.25, 0.3) is 0 Å². The van der Waals surface area contributed by atoms with Crippen molar-refractivity contribution in [3.8, 4) is 0 Å². The van der Waals surface area contributed by atoms with Crippen LogP contribution < -0.4 is 5.32 Å². The van der Waals surface area contributed by atoms with Gasteiger partial charge >= 0.3 is 13.8 Å². The maximum atomic E-state index is 13.5. The fraction of sp³-hybridized carbons (Fsp3) is 0.763. The number of nitrogens with one attached hydrogen (secondary N) is 1. The number of carbonyl (C=O) groups excluding carboxylic acids is 2. The van der Waals surface area contributed by atoms with Crippen LogP contribution in [-0.2, 0) is 27.9 Å². The first-order valence-electron chi connectivity index (χ1n) is 28.3. The smallest absolute Gasteiger partial charge is 0.456 e. The molecule has 0 rings (SSSR count). The van der Waals surface area contributed by atoms with E-state index in [-0.39, 0.29) is 31.5 Å². The number of rotatable bonds is 50. The Labute approximate surface area is 425 Å². The summed E-state index contributed by atoms with van der Waals surface area (Å²) in [5.74, 6) is -0.572. The molecule has 0 aliphatic heterocycles. The van der Waals surface area contributed by atoms with E-state index in [0.29, 0.717) is 23.9 Å². The van der Waals surface area contributed by atoms with Gasteiger partial charge in [-0.2, -0.15) is 0 Å². The van der Waals surface area contributed by atoms with Gasteiger partial charge < -0.3 is 19.4 Å². The van der Waals surface area contributed by atoms with E-state index in [1.807, 2.05) is 33.3 Å². The molecule has 400 valence electrons. The normalized spacial score (nSPS) is 14.4. The maximum Gasteiger partial charge on any atom is 0.472 e. The molecule has 0 heterocycles. The van der Waals surface area contributed by atoms with Crippen LogP contribution in [0.4, 0.5) is 0 Å². The highest BCUT2D eigenvalue weighted by molar-refractivity contribution is 7.47. The van der Waals surface area contributed by atoms with Crippen LogP contribution in [0.15, 0.2) is 72.9 Å². The molecule has 0 saturated carbocycles. The summed E-state index contributed by atoms with van der Waals surface area (Å²) in [6, 6.07) is -0.870. The number of esters is 1. The van der Waals surface area contributed by atoms with Crippen LogP contribution in [0.5, 0.6) is 0 Å². The summed E-state index contributed by atoms with van der Waals surface area (Å²) >= 11 is 0. The van der Waals surface area contributed by atoms with Gasteiger partial charge in [0, 0.05) is 12.8 Å². The third-order valence-electron chi connectivity index (χ3n) is 12.2. The van der Waals surface area contributed by atoms with E-state index in [1.54, 1.807) is 0 Å². The molecule has 0 spiro atoms. The Hall–Kier alpha value is -2.55. The van der Waals surface area contributed by atoms with Gasteiger partial charge in [0.05, 0.1) is 33.8 Å². The number of carbonyl (C=O) groups is 2. The lowest BCUT2D eigenvalue weighted by molar-refractivity contribution is -0.870. The highest BCUT2D eigenvalue weighted by Gasteiger charge is 2.30. The average molecular weight is 988 g/mol. The Kier molecular flexibility index (Phi) is 47.2. The van der Waals surface area contributed by atoms with Crippen molar-refractivity contribution in [3.63, 3.8) is 0 Å². The van der Waals surface area contributed by atoms with Crippen molar-refractivity contribution in [1.29, 1.82) is 0 Å². The Morgan fingerprint density at radius 3 is 1.41 bits per heavy atom. The number of hydrogen-bond donors (Lipinski definition) is 2. The zero-order valence-corrected chi connectivity index (χ0v) is 46.4. The van der Waals surface area contributed by atoms with Crippen LogP contribution in [0.2, 0.25) is 0 Å². The molecular weight excluding hydrogens is 880 g/mol. The minimum Gasteiger partial charge on any atom is -0.456 e. The summed E-state index contributed by atoms with van der Waals surface area (Å²) in [6.07, 6.45) is 61.8. The SMILES string of the molecule is CC/C=C\C/C=C\C/C=C\C/C=C\C/C=C\CCCC(=O)OC(/C=C/CCCCCCCCCCCCC)C(COP(=O)(O)OCC[N+](C)(C)C)NC(=O)CCCCCCCCCCCCCCC. The van der Waals surface area contributed by atoms with Gasteiger partial charge in [-0.05, 0) is 70.3 Å². The number of likely N-dealkylation sites (N-methyl/N-ethyl adjacent to an activating group) is 1. The van der Waals surface area contributed by atoms with Crippen LogP contribution in [0.3, 0.4) is 0 Å². The number of phosphoric ester groups is 1. The Bertz CT molecular complexity index is 1420. The molecule has 69 heavy (non-hydrogen) atoms. The van der Waals surface area contributed by atoms with E-state index in [4.69, 9.17) is 13.8 Å². The molecule has 0 fully saturated rings. The second kappa shape index (κ2) is 49.0. The lowest BCUT2D eigenvalue weighted by Crippen LogP contribution is -2.47. The second-order valence-corrected chi connectivity index (χ2v) is 21.5. The molecule has 0 aromatic carbocycles. The van der Waals surface area contributed by atoms with Gasteiger partial charge in [-0.25, -0.2) is 4.57 Å². The van der Waals surface area contributed by atoms with E-state index in [2.05, 4.69) is 86.8 Å². The molecule has 9 nitrogen and oxygen atoms in total. The molecule has 3 atom stereocenters. The quantitative estimate of drug-likeness (QED) is 0.0205. The van der Waals surface area contributed by atoms with Crippen LogP contribution in [0.1, 0.15) is 239 Å². The van der Waals surface area contributed by atoms with Crippen molar-refractivity contribution in [3.05, 3.63) is 72.9 Å². The van der Waals surface area contributed by atoms with Gasteiger partial charge in [-0.15, -0.1) is 0 Å². The topological polar surface area (TPSA) is 111 Å². The molecule has 0 radical (unpaired) electrons. The number of quaternary nitrogens is 1. The van der Waals surface area contributed by atoms with Crippen LogP contribution in [0, 0.1) is 0 Å². The predicted octanol–water partition coefficient (Wildman–Crippen LogP) is 16.9. The van der Waals surface area contributed by atoms with Gasteiger partial charge in [0.25, 0.3) is 0 Å². The van der Waals surface area contributed by atoms with Gasteiger partial charge in [-0.3, -0.25) is 18.6 Å². The number of ether oxygens (including phenoxy) is 1. The summed E-state index contributed by atoms with van der Waals surface area (Å²) in [7, 11) is 1.46. The number of hydrogen-bond acceptors (Lipinski definition) is 6. The fourth-order valence-corrected chi connectivity index (χ4v) is 8.53. The maximum absolute atomic E-state index is 13.5. The second-order valence-electron chi connectivity index (χ2n) is 20.1. The highest BCUT2D eigenvalue weighted by Crippen LogP contribution is 2.43. The first-order valence-corrected chi connectivity index (χ1v) is 29.8. The molecule has 0 aliphatic carbocycles. The molecule has 3 unspecified atom stereocenters. The minimum absolute atomic E-state index is 0.0303. The number of nitrogens with zero attached hydrogens (tertiary/aromatic N) is 1. The summed E-state index contributed by atoms with van der Waals surface area (Å²) in [5.41, 5.74) is 0. The zero-order chi connectivity index (χ0) is 50.8. The van der Waals surface area contributed by atoms with Crippen molar-refractivity contribution >= 4 is 19.7 Å². The summed E-state index contributed by atoms with van der Waals surface area (Å²) in [5, 5.41) is 3.03. The molecule has 1 amide bonds. The highest BCUT2D eigenvalue weighted by atomic mass is 31.2. The third kappa shape index (κ3) is 50.2. The lowest BCUT2D eigenvalue weighted by Gasteiger charge is -2.27. The van der Waals surface area contributed by atoms with Crippen molar-refractivity contribution < 1.29 is 37.3 Å². The molecule has 2 N–H and O–H groups in total. The van der Waals surface area contributed by atoms with Gasteiger partial charge in [-0.1, -0.05) is 229 Å². The van der Waals surface area contributed by atoms with Gasteiger partial charge in [0.15, 0.2) is 0 Å². The van der Waals surface area contributed by atoms with Crippen molar-refractivity contribution in [2.45, 2.75) is 251 Å². The third-order valence-corrected chi connectivity index (χ3v) is 13.1. The van der Waals surface area contributed by atoms with Crippen molar-refractivity contribution in [2.75, 3.05) is 40.9 Å². The molecule has 0 bridgehead atoms. The van der Waals surface area contributed by atoms with Crippen molar-refractivity contribution in [2.24, 2.45) is 0 Å². The van der Waals surface area contributed by atoms with E-state index < -0.39 is 20.0 Å². The van der Waals surface area contributed by atoms with E-state index in [1.165, 1.54) is 122 Å².